The second kappa shape index (κ2) is 4.67. The van der Waals surface area contributed by atoms with Gasteiger partial charge in [0.25, 0.3) is 6.43 Å². The molecule has 0 unspecified atom stereocenters. The van der Waals surface area contributed by atoms with E-state index in [1.54, 1.807) is 0 Å². The van der Waals surface area contributed by atoms with Crippen molar-refractivity contribution in [3.8, 4) is 0 Å². The Morgan fingerprint density at radius 3 is 2.60 bits per heavy atom. The average molecular weight is 257 g/mol. The summed E-state index contributed by atoms with van der Waals surface area (Å²) in [7, 11) is 0. The van der Waals surface area contributed by atoms with Gasteiger partial charge in [0.2, 0.25) is 0 Å². The quantitative estimate of drug-likeness (QED) is 0.474. The van der Waals surface area contributed by atoms with Gasteiger partial charge in [0.05, 0.1) is 11.4 Å². The van der Waals surface area contributed by atoms with Gasteiger partial charge < -0.3 is 10.1 Å². The van der Waals surface area contributed by atoms with E-state index in [1.807, 2.05) is 0 Å². The fraction of sp³-hybridized carbons (Fsp3) is 0.286. The van der Waals surface area contributed by atoms with Gasteiger partial charge in [-0.25, -0.2) is 8.78 Å². The van der Waals surface area contributed by atoms with Crippen LogP contribution in [0.2, 0.25) is 5.02 Å². The lowest BCUT2D eigenvalue weighted by atomic mass is 10.1. The van der Waals surface area contributed by atoms with E-state index in [4.69, 9.17) is 23.2 Å². The van der Waals surface area contributed by atoms with E-state index in [0.29, 0.717) is 0 Å². The zero-order chi connectivity index (χ0) is 11.6. The Morgan fingerprint density at radius 2 is 2.20 bits per heavy atom. The Bertz CT molecular complexity index is 401. The van der Waals surface area contributed by atoms with Crippen molar-refractivity contribution in [2.75, 3.05) is 0 Å². The van der Waals surface area contributed by atoms with E-state index in [1.165, 1.54) is 0 Å². The fourth-order valence-corrected chi connectivity index (χ4v) is 1.53. The summed E-state index contributed by atoms with van der Waals surface area (Å²) in [6.45, 7) is 0. The van der Waals surface area contributed by atoms with Gasteiger partial charge in [-0.1, -0.05) is 11.6 Å². The first-order chi connectivity index (χ1) is 6.99. The molecule has 8 heteroatoms. The molecule has 1 rings (SSSR count). The van der Waals surface area contributed by atoms with E-state index in [0.717, 1.165) is 6.20 Å². The van der Waals surface area contributed by atoms with Gasteiger partial charge in [-0.2, -0.15) is 0 Å². The van der Waals surface area contributed by atoms with Crippen LogP contribution < -0.4 is 0 Å². The van der Waals surface area contributed by atoms with Gasteiger partial charge in [0.15, 0.2) is 0 Å². The lowest BCUT2D eigenvalue weighted by Gasteiger charge is -2.06. The minimum atomic E-state index is -2.92. The minimum absolute atomic E-state index is 0.0118. The molecule has 0 aliphatic rings. The van der Waals surface area contributed by atoms with E-state index < -0.39 is 27.8 Å². The lowest BCUT2D eigenvalue weighted by Crippen LogP contribution is -2.01. The molecule has 0 bridgehead atoms. The second-order valence-corrected chi connectivity index (χ2v) is 3.17. The first-order valence-electron chi connectivity index (χ1n) is 3.64. The summed E-state index contributed by atoms with van der Waals surface area (Å²) in [5.74, 6) is -1.02. The highest BCUT2D eigenvalue weighted by Crippen LogP contribution is 2.35. The number of pyridine rings is 1. The van der Waals surface area contributed by atoms with Crippen molar-refractivity contribution >= 4 is 29.0 Å². The molecule has 0 aliphatic heterocycles. The molecule has 82 valence electrons. The Balaban J connectivity index is 3.42. The molecular weight excluding hydrogens is 253 g/mol. The highest BCUT2D eigenvalue weighted by Gasteiger charge is 2.26. The van der Waals surface area contributed by atoms with Gasteiger partial charge in [-0.3, -0.25) is 0 Å². The molecule has 1 aromatic rings. The summed E-state index contributed by atoms with van der Waals surface area (Å²) in [6, 6.07) is 0. The van der Waals surface area contributed by atoms with Crippen molar-refractivity contribution in [2.45, 2.75) is 12.3 Å². The molecule has 1 aromatic heterocycles. The second-order valence-electron chi connectivity index (χ2n) is 2.53. The van der Waals surface area contributed by atoms with Crippen LogP contribution in [0.4, 0.5) is 14.6 Å². The molecule has 1 heterocycles. The van der Waals surface area contributed by atoms with Gasteiger partial charge in [-0.05, 0) is 9.91 Å². The number of aromatic nitrogens is 1. The molecule has 0 N–H and O–H groups in total. The minimum Gasteiger partial charge on any atom is -0.358 e. The maximum absolute atomic E-state index is 12.5. The zero-order valence-corrected chi connectivity index (χ0v) is 8.60. The maximum Gasteiger partial charge on any atom is 0.382 e. The van der Waals surface area contributed by atoms with Crippen LogP contribution in [-0.2, 0) is 5.88 Å². The number of halogens is 4. The first kappa shape index (κ1) is 12.1. The Labute approximate surface area is 93.0 Å². The predicted octanol–water partition coefficient (Wildman–Crippen LogP) is 3.32. The van der Waals surface area contributed by atoms with Crippen molar-refractivity contribution in [3.05, 3.63) is 32.5 Å². The summed E-state index contributed by atoms with van der Waals surface area (Å²) >= 11 is 10.8. The molecule has 0 saturated heterocycles. The Hall–Kier alpha value is -1.01. The monoisotopic (exact) mass is 256 g/mol. The largest absolute Gasteiger partial charge is 0.382 e. The van der Waals surface area contributed by atoms with Crippen molar-refractivity contribution in [1.29, 1.82) is 0 Å². The number of nitro groups is 1. The van der Waals surface area contributed by atoms with Crippen molar-refractivity contribution < 1.29 is 13.7 Å². The smallest absolute Gasteiger partial charge is 0.358 e. The molecule has 0 spiro atoms. The third-order valence-corrected chi connectivity index (χ3v) is 2.32. The average Bonchev–Trinajstić information content (AvgIpc) is 2.15. The topological polar surface area (TPSA) is 56.0 Å². The molecular formula is C7H4Cl2F2N2O2. The summed E-state index contributed by atoms with van der Waals surface area (Å²) in [5.41, 5.74) is -0.643. The summed E-state index contributed by atoms with van der Waals surface area (Å²) < 4.78 is 25.1. The normalized spacial score (nSPS) is 10.7. The maximum atomic E-state index is 12.5. The fourth-order valence-electron chi connectivity index (χ4n) is 0.996. The first-order valence-corrected chi connectivity index (χ1v) is 4.56. The molecule has 0 aromatic carbocycles. The molecule has 15 heavy (non-hydrogen) atoms. The Kier molecular flexibility index (Phi) is 3.76. The van der Waals surface area contributed by atoms with Gasteiger partial charge in [0, 0.05) is 5.56 Å². The van der Waals surface area contributed by atoms with Crippen molar-refractivity contribution in [3.63, 3.8) is 0 Å². The van der Waals surface area contributed by atoms with Gasteiger partial charge >= 0.3 is 5.82 Å². The van der Waals surface area contributed by atoms with E-state index in [9.17, 15) is 18.9 Å². The van der Waals surface area contributed by atoms with E-state index >= 15 is 0 Å². The number of alkyl halides is 3. The molecule has 4 nitrogen and oxygen atoms in total. The third-order valence-electron chi connectivity index (χ3n) is 1.66. The summed E-state index contributed by atoms with van der Waals surface area (Å²) in [6.07, 6.45) is -1.99. The van der Waals surface area contributed by atoms with Crippen LogP contribution in [0.5, 0.6) is 0 Å². The molecule has 0 aliphatic carbocycles. The number of nitrogens with zero attached hydrogens (tertiary/aromatic N) is 2. The summed E-state index contributed by atoms with van der Waals surface area (Å²) in [5, 5.41) is 9.72. The number of rotatable bonds is 3. The molecule has 0 radical (unpaired) electrons. The molecule has 0 saturated carbocycles. The van der Waals surface area contributed by atoms with Crippen molar-refractivity contribution in [1.82, 2.24) is 4.98 Å². The SMILES string of the molecule is O=[N+]([O-])c1ncc(CCl)c(C(F)F)c1Cl. The highest BCUT2D eigenvalue weighted by atomic mass is 35.5. The molecule has 0 amide bonds. The van der Waals surface area contributed by atoms with Gasteiger partial charge in [0.1, 0.15) is 11.2 Å². The highest BCUT2D eigenvalue weighted by molar-refractivity contribution is 6.33. The van der Waals surface area contributed by atoms with Crippen molar-refractivity contribution in [2.24, 2.45) is 0 Å². The molecule has 0 atom stereocenters. The zero-order valence-electron chi connectivity index (χ0n) is 7.08. The van der Waals surface area contributed by atoms with Crippen LogP contribution in [0, 0.1) is 10.1 Å². The number of hydrogen-bond donors (Lipinski definition) is 0. The van der Waals surface area contributed by atoms with Gasteiger partial charge in [-0.15, -0.1) is 11.6 Å². The lowest BCUT2D eigenvalue weighted by molar-refractivity contribution is -0.389. The van der Waals surface area contributed by atoms with Crippen LogP contribution in [0.15, 0.2) is 6.20 Å². The van der Waals surface area contributed by atoms with Crippen LogP contribution >= 0.6 is 23.2 Å². The van der Waals surface area contributed by atoms with Crippen LogP contribution in [-0.4, -0.2) is 9.91 Å². The number of hydrogen-bond acceptors (Lipinski definition) is 3. The van der Waals surface area contributed by atoms with Crippen LogP contribution in [0.1, 0.15) is 17.6 Å². The summed E-state index contributed by atoms with van der Waals surface area (Å²) in [4.78, 5) is 12.8. The van der Waals surface area contributed by atoms with E-state index in [2.05, 4.69) is 4.98 Å². The standard InChI is InChI=1S/C7H4Cl2F2N2O2/c8-1-3-2-12-7(13(14)15)5(9)4(3)6(10)11/h2,6H,1H2. The molecule has 0 fully saturated rings. The predicted molar refractivity (Wildman–Crippen MR) is 50.4 cm³/mol. The van der Waals surface area contributed by atoms with Crippen LogP contribution in [0.25, 0.3) is 0 Å². The third kappa shape index (κ3) is 2.32. The van der Waals surface area contributed by atoms with Crippen LogP contribution in [0.3, 0.4) is 0 Å². The van der Waals surface area contributed by atoms with E-state index in [-0.39, 0.29) is 11.4 Å². The Morgan fingerprint density at radius 1 is 1.60 bits per heavy atom.